The van der Waals surface area contributed by atoms with Crippen LogP contribution in [0.15, 0.2) is 36.7 Å². The molecular formula is C12H15FN4. The summed E-state index contributed by atoms with van der Waals surface area (Å²) in [7, 11) is 0. The van der Waals surface area contributed by atoms with Gasteiger partial charge in [-0.2, -0.15) is 5.10 Å². The number of halogens is 1. The molecule has 0 aliphatic rings. The molecule has 1 aromatic heterocycles. The molecule has 0 aliphatic heterocycles. The van der Waals surface area contributed by atoms with Crippen LogP contribution in [0.5, 0.6) is 0 Å². The number of nitrogens with zero attached hydrogens (tertiary/aromatic N) is 2. The van der Waals surface area contributed by atoms with E-state index in [-0.39, 0.29) is 5.82 Å². The molecule has 3 N–H and O–H groups in total. The van der Waals surface area contributed by atoms with Crippen LogP contribution in [0.1, 0.15) is 6.42 Å². The second-order valence-corrected chi connectivity index (χ2v) is 3.78. The third-order valence-corrected chi connectivity index (χ3v) is 2.45. The summed E-state index contributed by atoms with van der Waals surface area (Å²) in [6.45, 7) is 1.62. The standard InChI is InChI=1S/C12H15FN4/c13-10-3-4-12(11(14)9-10)15-5-1-7-17-8-2-6-16-17/h2-4,6,8-9,15H,1,5,7,14H2. The van der Waals surface area contributed by atoms with Crippen molar-refractivity contribution >= 4 is 11.4 Å². The van der Waals surface area contributed by atoms with Crippen molar-refractivity contribution in [2.75, 3.05) is 17.6 Å². The molecule has 4 nitrogen and oxygen atoms in total. The van der Waals surface area contributed by atoms with E-state index in [1.807, 2.05) is 16.9 Å². The summed E-state index contributed by atoms with van der Waals surface area (Å²) in [4.78, 5) is 0. The number of anilines is 2. The summed E-state index contributed by atoms with van der Waals surface area (Å²) in [6.07, 6.45) is 4.61. The zero-order chi connectivity index (χ0) is 12.1. The third kappa shape index (κ3) is 3.21. The first kappa shape index (κ1) is 11.4. The zero-order valence-corrected chi connectivity index (χ0v) is 9.44. The number of hydrogen-bond acceptors (Lipinski definition) is 3. The molecule has 0 aliphatic carbocycles. The Balaban J connectivity index is 1.78. The average molecular weight is 234 g/mol. The highest BCUT2D eigenvalue weighted by atomic mass is 19.1. The van der Waals surface area contributed by atoms with E-state index in [4.69, 9.17) is 5.73 Å². The lowest BCUT2D eigenvalue weighted by molar-refractivity contribution is 0.591. The Hall–Kier alpha value is -2.04. The highest BCUT2D eigenvalue weighted by molar-refractivity contribution is 5.65. The van der Waals surface area contributed by atoms with Crippen LogP contribution in [0.25, 0.3) is 0 Å². The SMILES string of the molecule is Nc1cc(F)ccc1NCCCn1cccn1. The molecule has 2 aromatic rings. The number of aromatic nitrogens is 2. The number of hydrogen-bond donors (Lipinski definition) is 2. The van der Waals surface area contributed by atoms with E-state index in [1.54, 1.807) is 12.3 Å². The molecule has 0 bridgehead atoms. The molecule has 0 amide bonds. The zero-order valence-electron chi connectivity index (χ0n) is 9.44. The Bertz CT molecular complexity index is 467. The second kappa shape index (κ2) is 5.34. The highest BCUT2D eigenvalue weighted by Crippen LogP contribution is 2.18. The third-order valence-electron chi connectivity index (χ3n) is 2.45. The molecule has 0 radical (unpaired) electrons. The van der Waals surface area contributed by atoms with E-state index in [0.717, 1.165) is 25.2 Å². The van der Waals surface area contributed by atoms with Gasteiger partial charge in [0.05, 0.1) is 11.4 Å². The molecule has 0 atom stereocenters. The van der Waals surface area contributed by atoms with Crippen LogP contribution in [-0.4, -0.2) is 16.3 Å². The molecule has 1 aromatic carbocycles. The Kier molecular flexibility index (Phi) is 3.59. The Labute approximate surface area is 99.2 Å². The minimum atomic E-state index is -0.315. The van der Waals surface area contributed by atoms with Crippen LogP contribution >= 0.6 is 0 Å². The molecule has 17 heavy (non-hydrogen) atoms. The van der Waals surface area contributed by atoms with Crippen LogP contribution in [0.3, 0.4) is 0 Å². The molecule has 0 spiro atoms. The van der Waals surface area contributed by atoms with Crippen molar-refractivity contribution in [3.63, 3.8) is 0 Å². The van der Waals surface area contributed by atoms with Gasteiger partial charge in [-0.25, -0.2) is 4.39 Å². The molecule has 0 saturated heterocycles. The number of rotatable bonds is 5. The Morgan fingerprint density at radius 1 is 1.41 bits per heavy atom. The van der Waals surface area contributed by atoms with Crippen LogP contribution in [0, 0.1) is 5.82 Å². The molecule has 0 unspecified atom stereocenters. The maximum Gasteiger partial charge on any atom is 0.125 e. The highest BCUT2D eigenvalue weighted by Gasteiger charge is 1.99. The topological polar surface area (TPSA) is 55.9 Å². The number of benzene rings is 1. The Morgan fingerprint density at radius 2 is 2.29 bits per heavy atom. The summed E-state index contributed by atoms with van der Waals surface area (Å²) in [6, 6.07) is 6.26. The first-order chi connectivity index (χ1) is 8.25. The lowest BCUT2D eigenvalue weighted by Crippen LogP contribution is -2.08. The van der Waals surface area contributed by atoms with Gasteiger partial charge in [-0.1, -0.05) is 0 Å². The lowest BCUT2D eigenvalue weighted by Gasteiger charge is -2.09. The van der Waals surface area contributed by atoms with Crippen LogP contribution in [-0.2, 0) is 6.54 Å². The summed E-state index contributed by atoms with van der Waals surface area (Å²) in [5.41, 5.74) is 6.88. The molecule has 5 heteroatoms. The molecule has 90 valence electrons. The Morgan fingerprint density at radius 3 is 3.00 bits per heavy atom. The molecule has 2 rings (SSSR count). The molecule has 1 heterocycles. The van der Waals surface area contributed by atoms with Crippen molar-refractivity contribution in [1.29, 1.82) is 0 Å². The van der Waals surface area contributed by atoms with Gasteiger partial charge in [-0.3, -0.25) is 4.68 Å². The molecule has 0 fully saturated rings. The van der Waals surface area contributed by atoms with Gasteiger partial charge < -0.3 is 11.1 Å². The molecule has 0 saturated carbocycles. The van der Waals surface area contributed by atoms with Crippen molar-refractivity contribution in [2.24, 2.45) is 0 Å². The van der Waals surface area contributed by atoms with E-state index in [2.05, 4.69) is 10.4 Å². The summed E-state index contributed by atoms with van der Waals surface area (Å²) in [5, 5.41) is 7.27. The summed E-state index contributed by atoms with van der Waals surface area (Å²) >= 11 is 0. The number of nitrogens with one attached hydrogen (secondary N) is 1. The predicted octanol–water partition coefficient (Wildman–Crippen LogP) is 2.11. The number of nitrogens with two attached hydrogens (primary N) is 1. The first-order valence-corrected chi connectivity index (χ1v) is 5.52. The largest absolute Gasteiger partial charge is 0.397 e. The van der Waals surface area contributed by atoms with E-state index in [0.29, 0.717) is 5.69 Å². The van der Waals surface area contributed by atoms with Crippen LogP contribution in [0.2, 0.25) is 0 Å². The maximum atomic E-state index is 12.8. The summed E-state index contributed by atoms with van der Waals surface area (Å²) in [5.74, 6) is -0.315. The first-order valence-electron chi connectivity index (χ1n) is 5.52. The minimum absolute atomic E-state index is 0.315. The summed E-state index contributed by atoms with van der Waals surface area (Å²) < 4.78 is 14.7. The normalized spacial score (nSPS) is 10.4. The fourth-order valence-corrected chi connectivity index (χ4v) is 1.59. The monoisotopic (exact) mass is 234 g/mol. The van der Waals surface area contributed by atoms with Gasteiger partial charge in [-0.05, 0) is 30.7 Å². The predicted molar refractivity (Wildman–Crippen MR) is 66.1 cm³/mol. The van der Waals surface area contributed by atoms with Crippen molar-refractivity contribution in [3.05, 3.63) is 42.5 Å². The van der Waals surface area contributed by atoms with Crippen LogP contribution in [0.4, 0.5) is 15.8 Å². The lowest BCUT2D eigenvalue weighted by atomic mass is 10.2. The quantitative estimate of drug-likeness (QED) is 0.615. The van der Waals surface area contributed by atoms with Crippen molar-refractivity contribution < 1.29 is 4.39 Å². The van der Waals surface area contributed by atoms with Gasteiger partial charge in [0.2, 0.25) is 0 Å². The van der Waals surface area contributed by atoms with Gasteiger partial charge in [-0.15, -0.1) is 0 Å². The fraction of sp³-hybridized carbons (Fsp3) is 0.250. The van der Waals surface area contributed by atoms with Gasteiger partial charge in [0.25, 0.3) is 0 Å². The minimum Gasteiger partial charge on any atom is -0.397 e. The van der Waals surface area contributed by atoms with Crippen molar-refractivity contribution in [2.45, 2.75) is 13.0 Å². The smallest absolute Gasteiger partial charge is 0.125 e. The van der Waals surface area contributed by atoms with Crippen LogP contribution < -0.4 is 11.1 Å². The van der Waals surface area contributed by atoms with E-state index in [1.165, 1.54) is 12.1 Å². The van der Waals surface area contributed by atoms with E-state index in [9.17, 15) is 4.39 Å². The van der Waals surface area contributed by atoms with Gasteiger partial charge in [0.15, 0.2) is 0 Å². The number of aryl methyl sites for hydroxylation is 1. The van der Waals surface area contributed by atoms with Crippen molar-refractivity contribution in [1.82, 2.24) is 9.78 Å². The van der Waals surface area contributed by atoms with E-state index < -0.39 is 0 Å². The van der Waals surface area contributed by atoms with E-state index >= 15 is 0 Å². The molecular weight excluding hydrogens is 219 g/mol. The maximum absolute atomic E-state index is 12.8. The average Bonchev–Trinajstić information content (AvgIpc) is 2.79. The van der Waals surface area contributed by atoms with Gasteiger partial charge in [0.1, 0.15) is 5.82 Å². The van der Waals surface area contributed by atoms with Crippen molar-refractivity contribution in [3.8, 4) is 0 Å². The fourth-order valence-electron chi connectivity index (χ4n) is 1.59. The number of nitrogen functional groups attached to an aromatic ring is 1. The second-order valence-electron chi connectivity index (χ2n) is 3.78. The van der Waals surface area contributed by atoms with Gasteiger partial charge >= 0.3 is 0 Å². The van der Waals surface area contributed by atoms with Gasteiger partial charge in [0, 0.05) is 25.5 Å².